The van der Waals surface area contributed by atoms with Crippen LogP contribution in [0, 0.1) is 17.2 Å². The van der Waals surface area contributed by atoms with Crippen molar-refractivity contribution >= 4 is 17.2 Å². The van der Waals surface area contributed by atoms with E-state index in [9.17, 15) is 9.90 Å². The van der Waals surface area contributed by atoms with E-state index >= 15 is 0 Å². The first-order chi connectivity index (χ1) is 8.10. The van der Waals surface area contributed by atoms with Crippen LogP contribution in [0.1, 0.15) is 35.5 Å². The molecule has 0 saturated heterocycles. The minimum Gasteiger partial charge on any atom is -0.391 e. The fraction of sp³-hybridized carbons (Fsp3) is 0.500. The molecule has 1 rings (SSSR count). The van der Waals surface area contributed by atoms with Crippen molar-refractivity contribution in [1.29, 1.82) is 5.26 Å². The Labute approximate surface area is 105 Å². The van der Waals surface area contributed by atoms with Crippen molar-refractivity contribution in [3.05, 3.63) is 21.9 Å². The fourth-order valence-electron chi connectivity index (χ4n) is 1.32. The Morgan fingerprint density at radius 1 is 1.71 bits per heavy atom. The molecule has 2 N–H and O–H groups in total. The number of nitrogens with zero attached hydrogens (tertiary/aromatic N) is 1. The molecule has 0 spiro atoms. The van der Waals surface area contributed by atoms with E-state index in [1.165, 1.54) is 11.3 Å². The number of aliphatic hydroxyl groups is 1. The smallest absolute Gasteiger partial charge is 0.262 e. The number of amides is 1. The van der Waals surface area contributed by atoms with Crippen LogP contribution in [0.4, 0.5) is 0 Å². The molecule has 0 aliphatic heterocycles. The van der Waals surface area contributed by atoms with Gasteiger partial charge in [0.15, 0.2) is 0 Å². The van der Waals surface area contributed by atoms with Gasteiger partial charge in [0.05, 0.1) is 11.7 Å². The highest BCUT2D eigenvalue weighted by molar-refractivity contribution is 7.12. The summed E-state index contributed by atoms with van der Waals surface area (Å²) in [6, 6.07) is 3.58. The molecule has 92 valence electrons. The topological polar surface area (TPSA) is 73.1 Å². The Morgan fingerprint density at radius 3 is 3.00 bits per heavy atom. The molecule has 0 radical (unpaired) electrons. The van der Waals surface area contributed by atoms with Crippen LogP contribution in [0.25, 0.3) is 0 Å². The van der Waals surface area contributed by atoms with Crippen molar-refractivity contribution < 1.29 is 9.90 Å². The second kappa shape index (κ2) is 6.38. The van der Waals surface area contributed by atoms with Gasteiger partial charge in [-0.15, -0.1) is 11.3 Å². The molecule has 4 nitrogen and oxygen atoms in total. The number of hydrogen-bond donors (Lipinski definition) is 2. The van der Waals surface area contributed by atoms with Crippen LogP contribution < -0.4 is 5.32 Å². The van der Waals surface area contributed by atoms with Gasteiger partial charge in [0.25, 0.3) is 5.91 Å². The molecule has 0 bridgehead atoms. The molecule has 0 aromatic carbocycles. The number of carbonyl (C=O) groups is 1. The largest absolute Gasteiger partial charge is 0.391 e. The van der Waals surface area contributed by atoms with Crippen molar-refractivity contribution in [3.63, 3.8) is 0 Å². The first kappa shape index (κ1) is 13.7. The van der Waals surface area contributed by atoms with E-state index in [4.69, 9.17) is 5.26 Å². The van der Waals surface area contributed by atoms with Gasteiger partial charge in [-0.1, -0.05) is 20.3 Å². The van der Waals surface area contributed by atoms with Crippen molar-refractivity contribution in [2.45, 2.75) is 26.4 Å². The molecule has 2 unspecified atom stereocenters. The zero-order valence-corrected chi connectivity index (χ0v) is 10.8. The van der Waals surface area contributed by atoms with Crippen LogP contribution in [-0.4, -0.2) is 23.7 Å². The Balaban J connectivity index is 2.54. The number of nitrogens with one attached hydrogen (secondary N) is 1. The van der Waals surface area contributed by atoms with Gasteiger partial charge in [0.2, 0.25) is 0 Å². The fourth-order valence-corrected chi connectivity index (χ4v) is 2.08. The molecule has 0 saturated carbocycles. The lowest BCUT2D eigenvalue weighted by Crippen LogP contribution is -2.35. The Bertz CT molecular complexity index is 422. The number of nitriles is 1. The van der Waals surface area contributed by atoms with Crippen LogP contribution in [0.5, 0.6) is 0 Å². The van der Waals surface area contributed by atoms with Crippen LogP contribution >= 0.6 is 11.3 Å². The highest BCUT2D eigenvalue weighted by atomic mass is 32.1. The summed E-state index contributed by atoms with van der Waals surface area (Å²) in [6.07, 6.45) is 0.314. The normalized spacial score (nSPS) is 13.8. The lowest BCUT2D eigenvalue weighted by Gasteiger charge is -2.17. The average molecular weight is 252 g/mol. The highest BCUT2D eigenvalue weighted by Crippen LogP contribution is 2.15. The van der Waals surface area contributed by atoms with Crippen LogP contribution in [-0.2, 0) is 0 Å². The minimum atomic E-state index is -0.547. The van der Waals surface area contributed by atoms with E-state index in [-0.39, 0.29) is 18.4 Å². The second-order valence-electron chi connectivity index (χ2n) is 3.94. The summed E-state index contributed by atoms with van der Waals surface area (Å²) in [5.41, 5.74) is 0.380. The van der Waals surface area contributed by atoms with Crippen LogP contribution in [0.15, 0.2) is 11.4 Å². The summed E-state index contributed by atoms with van der Waals surface area (Å²) in [6.45, 7) is 4.14. The molecule has 1 amide bonds. The minimum absolute atomic E-state index is 0.147. The molecular weight excluding hydrogens is 236 g/mol. The van der Waals surface area contributed by atoms with Gasteiger partial charge in [-0.3, -0.25) is 4.79 Å². The Kier molecular flexibility index (Phi) is 5.13. The van der Waals surface area contributed by atoms with Gasteiger partial charge >= 0.3 is 0 Å². The summed E-state index contributed by atoms with van der Waals surface area (Å²) in [5.74, 6) is -0.145. The van der Waals surface area contributed by atoms with Gasteiger partial charge in [-0.25, -0.2) is 0 Å². The molecule has 0 fully saturated rings. The van der Waals surface area contributed by atoms with E-state index in [1.807, 2.05) is 19.9 Å². The molecule has 17 heavy (non-hydrogen) atoms. The molecule has 0 aliphatic carbocycles. The highest BCUT2D eigenvalue weighted by Gasteiger charge is 2.16. The van der Waals surface area contributed by atoms with Crippen molar-refractivity contribution in [2.24, 2.45) is 5.92 Å². The quantitative estimate of drug-likeness (QED) is 0.838. The summed E-state index contributed by atoms with van der Waals surface area (Å²) in [4.78, 5) is 12.1. The molecule has 1 heterocycles. The average Bonchev–Trinajstić information content (AvgIpc) is 2.82. The van der Waals surface area contributed by atoms with E-state index in [0.29, 0.717) is 10.4 Å². The first-order valence-corrected chi connectivity index (χ1v) is 6.42. The maximum atomic E-state index is 11.7. The summed E-state index contributed by atoms with van der Waals surface area (Å²) in [7, 11) is 0. The van der Waals surface area contributed by atoms with E-state index < -0.39 is 6.10 Å². The maximum absolute atomic E-state index is 11.7. The molecule has 1 aromatic heterocycles. The molecule has 2 atom stereocenters. The van der Waals surface area contributed by atoms with E-state index in [2.05, 4.69) is 5.32 Å². The van der Waals surface area contributed by atoms with Crippen LogP contribution in [0.2, 0.25) is 0 Å². The Hall–Kier alpha value is -1.38. The summed E-state index contributed by atoms with van der Waals surface area (Å²) >= 11 is 1.23. The molecule has 1 aromatic rings. The number of thiophene rings is 1. The molecule has 0 aliphatic rings. The standard InChI is InChI=1S/C12H16N2O2S/c1-3-8(2)10(15)7-14-12(16)11-9(6-13)4-5-17-11/h4-5,8,10,15H,3,7H2,1-2H3,(H,14,16). The molecule has 5 heteroatoms. The number of carbonyl (C=O) groups excluding carboxylic acids is 1. The van der Waals surface area contributed by atoms with E-state index in [0.717, 1.165) is 6.42 Å². The predicted molar refractivity (Wildman–Crippen MR) is 66.8 cm³/mol. The zero-order chi connectivity index (χ0) is 12.8. The van der Waals surface area contributed by atoms with Crippen molar-refractivity contribution in [1.82, 2.24) is 5.32 Å². The van der Waals surface area contributed by atoms with Gasteiger partial charge in [-0.2, -0.15) is 5.26 Å². The summed E-state index contributed by atoms with van der Waals surface area (Å²) < 4.78 is 0. The first-order valence-electron chi connectivity index (χ1n) is 5.54. The van der Waals surface area contributed by atoms with Gasteiger partial charge in [-0.05, 0) is 17.4 Å². The van der Waals surface area contributed by atoms with Gasteiger partial charge in [0.1, 0.15) is 10.9 Å². The van der Waals surface area contributed by atoms with Crippen molar-refractivity contribution in [2.75, 3.05) is 6.54 Å². The third-order valence-corrected chi connectivity index (χ3v) is 3.68. The zero-order valence-electron chi connectivity index (χ0n) is 9.93. The second-order valence-corrected chi connectivity index (χ2v) is 4.85. The monoisotopic (exact) mass is 252 g/mol. The molecular formula is C12H16N2O2S. The van der Waals surface area contributed by atoms with Crippen molar-refractivity contribution in [3.8, 4) is 6.07 Å². The van der Waals surface area contributed by atoms with E-state index in [1.54, 1.807) is 11.4 Å². The Morgan fingerprint density at radius 2 is 2.41 bits per heavy atom. The third kappa shape index (κ3) is 3.55. The lowest BCUT2D eigenvalue weighted by molar-refractivity contribution is 0.0853. The van der Waals surface area contributed by atoms with Crippen LogP contribution in [0.3, 0.4) is 0 Å². The maximum Gasteiger partial charge on any atom is 0.262 e. The predicted octanol–water partition coefficient (Wildman–Crippen LogP) is 1.76. The van der Waals surface area contributed by atoms with Gasteiger partial charge in [0, 0.05) is 6.54 Å². The SMILES string of the molecule is CCC(C)C(O)CNC(=O)c1sccc1C#N. The number of aliphatic hydroxyl groups excluding tert-OH is 1. The number of rotatable bonds is 5. The van der Waals surface area contributed by atoms with Gasteiger partial charge < -0.3 is 10.4 Å². The number of hydrogen-bond acceptors (Lipinski definition) is 4. The lowest BCUT2D eigenvalue weighted by atomic mass is 10.0. The summed E-state index contributed by atoms with van der Waals surface area (Å²) in [5, 5.41) is 22.9. The third-order valence-electron chi connectivity index (χ3n) is 2.76.